The summed E-state index contributed by atoms with van der Waals surface area (Å²) in [5, 5.41) is 16.8. The van der Waals surface area contributed by atoms with Crippen LogP contribution in [0, 0.1) is 10.1 Å². The van der Waals surface area contributed by atoms with Gasteiger partial charge in [0.05, 0.1) is 18.2 Å². The van der Waals surface area contributed by atoms with E-state index in [4.69, 9.17) is 9.47 Å². The van der Waals surface area contributed by atoms with Crippen LogP contribution in [0.4, 0.5) is 4.79 Å². The summed E-state index contributed by atoms with van der Waals surface area (Å²) in [5.74, 6) is 0. The molecular formula is C17H32N4O5. The number of carbonyl (C=O) groups is 1. The van der Waals surface area contributed by atoms with Gasteiger partial charge >= 0.3 is 6.09 Å². The average molecular weight is 372 g/mol. The number of piperidine rings is 1. The molecule has 3 unspecified atom stereocenters. The van der Waals surface area contributed by atoms with Gasteiger partial charge in [-0.05, 0) is 41.0 Å². The molecule has 0 aromatic carbocycles. The van der Waals surface area contributed by atoms with Crippen molar-refractivity contribution in [1.82, 2.24) is 15.5 Å². The van der Waals surface area contributed by atoms with Crippen LogP contribution in [0.5, 0.6) is 0 Å². The zero-order valence-corrected chi connectivity index (χ0v) is 16.4. The summed E-state index contributed by atoms with van der Waals surface area (Å²) in [6.45, 7) is 11.9. The van der Waals surface area contributed by atoms with E-state index >= 15 is 0 Å². The lowest BCUT2D eigenvalue weighted by Crippen LogP contribution is -2.63. The quantitative estimate of drug-likeness (QED) is 0.567. The van der Waals surface area contributed by atoms with Crippen LogP contribution in [-0.2, 0) is 9.47 Å². The van der Waals surface area contributed by atoms with Gasteiger partial charge in [0.25, 0.3) is 6.17 Å². The maximum absolute atomic E-state index is 12.1. The summed E-state index contributed by atoms with van der Waals surface area (Å²) in [6.07, 6.45) is 0.0200. The molecule has 150 valence electrons. The van der Waals surface area contributed by atoms with Crippen molar-refractivity contribution in [2.24, 2.45) is 0 Å². The number of alkyl carbamates (subject to hydrolysis) is 1. The zero-order chi connectivity index (χ0) is 19.5. The minimum absolute atomic E-state index is 0.183. The molecule has 2 heterocycles. The predicted octanol–water partition coefficient (Wildman–Crippen LogP) is 1.35. The van der Waals surface area contributed by atoms with Crippen molar-refractivity contribution in [2.75, 3.05) is 26.2 Å². The van der Waals surface area contributed by atoms with Gasteiger partial charge in [-0.2, -0.15) is 0 Å². The summed E-state index contributed by atoms with van der Waals surface area (Å²) in [4.78, 5) is 25.0. The maximum atomic E-state index is 12.1. The molecule has 2 aliphatic heterocycles. The van der Waals surface area contributed by atoms with E-state index in [2.05, 4.69) is 15.5 Å². The van der Waals surface area contributed by atoms with E-state index < -0.39 is 23.4 Å². The van der Waals surface area contributed by atoms with Crippen LogP contribution in [0.3, 0.4) is 0 Å². The second kappa shape index (κ2) is 8.06. The monoisotopic (exact) mass is 372 g/mol. The van der Waals surface area contributed by atoms with E-state index in [9.17, 15) is 14.9 Å². The third-order valence-electron chi connectivity index (χ3n) is 4.86. The third kappa shape index (κ3) is 5.78. The van der Waals surface area contributed by atoms with Crippen molar-refractivity contribution < 1.29 is 19.2 Å². The molecule has 26 heavy (non-hydrogen) atoms. The van der Waals surface area contributed by atoms with E-state index in [1.165, 1.54) is 0 Å². The molecule has 9 nitrogen and oxygen atoms in total. The normalized spacial score (nSPS) is 28.4. The highest BCUT2D eigenvalue weighted by Gasteiger charge is 2.39. The first kappa shape index (κ1) is 20.9. The molecule has 2 rings (SSSR count). The minimum Gasteiger partial charge on any atom is -0.444 e. The predicted molar refractivity (Wildman–Crippen MR) is 96.6 cm³/mol. The number of ether oxygens (including phenoxy) is 2. The molecule has 0 aromatic rings. The van der Waals surface area contributed by atoms with Crippen LogP contribution in [0.1, 0.15) is 47.5 Å². The van der Waals surface area contributed by atoms with Gasteiger partial charge < -0.3 is 14.8 Å². The molecule has 0 aromatic heterocycles. The van der Waals surface area contributed by atoms with Crippen LogP contribution in [-0.4, -0.2) is 71.6 Å². The molecule has 0 spiro atoms. The SMILES string of the molecule is CC(C)(C)OC(=O)NC(C)(C)C1CN(C2CCC([N+](=O)[O-])NC2)CCO1. The standard InChI is InChI=1S/C17H32N4O5/c1-16(2,3)26-15(22)19-17(4,5)13-11-20(8-9-25-13)12-6-7-14(18-10-12)21(23)24/h12-14,18H,6-11H2,1-5H3,(H,19,22). The number of carbonyl (C=O) groups excluding carboxylic acids is 1. The van der Waals surface area contributed by atoms with Gasteiger partial charge in [0.15, 0.2) is 0 Å². The fraction of sp³-hybridized carbons (Fsp3) is 0.941. The third-order valence-corrected chi connectivity index (χ3v) is 4.86. The Morgan fingerprint density at radius 2 is 2.00 bits per heavy atom. The minimum atomic E-state index is -0.645. The molecule has 2 fully saturated rings. The highest BCUT2D eigenvalue weighted by molar-refractivity contribution is 5.68. The fourth-order valence-corrected chi connectivity index (χ4v) is 3.40. The topological polar surface area (TPSA) is 106 Å². The molecule has 0 radical (unpaired) electrons. The first-order valence-corrected chi connectivity index (χ1v) is 9.21. The van der Waals surface area contributed by atoms with Crippen LogP contribution in [0.2, 0.25) is 0 Å². The van der Waals surface area contributed by atoms with Gasteiger partial charge in [0, 0.05) is 37.0 Å². The maximum Gasteiger partial charge on any atom is 0.408 e. The molecule has 3 atom stereocenters. The van der Waals surface area contributed by atoms with Gasteiger partial charge in [-0.1, -0.05) is 0 Å². The molecule has 0 saturated carbocycles. The lowest BCUT2D eigenvalue weighted by Gasteiger charge is -2.45. The van der Waals surface area contributed by atoms with Crippen molar-refractivity contribution in [1.29, 1.82) is 0 Å². The van der Waals surface area contributed by atoms with Crippen molar-refractivity contribution in [3.8, 4) is 0 Å². The van der Waals surface area contributed by atoms with E-state index in [-0.39, 0.29) is 17.1 Å². The highest BCUT2D eigenvalue weighted by atomic mass is 16.6. The van der Waals surface area contributed by atoms with E-state index in [0.717, 1.165) is 13.0 Å². The Hall–Kier alpha value is -1.45. The fourth-order valence-electron chi connectivity index (χ4n) is 3.40. The van der Waals surface area contributed by atoms with Crippen molar-refractivity contribution in [2.45, 2.75) is 76.9 Å². The summed E-state index contributed by atoms with van der Waals surface area (Å²) < 4.78 is 11.3. The van der Waals surface area contributed by atoms with Gasteiger partial charge in [0.2, 0.25) is 0 Å². The second-order valence-corrected chi connectivity index (χ2v) is 8.64. The molecule has 9 heteroatoms. The Kier molecular flexibility index (Phi) is 6.46. The Morgan fingerprint density at radius 1 is 1.31 bits per heavy atom. The van der Waals surface area contributed by atoms with Gasteiger partial charge in [-0.3, -0.25) is 20.3 Å². The Bertz CT molecular complexity index is 512. The number of rotatable bonds is 4. The molecule has 0 aliphatic carbocycles. The lowest BCUT2D eigenvalue weighted by molar-refractivity contribution is -0.532. The number of hydrogen-bond donors (Lipinski definition) is 2. The van der Waals surface area contributed by atoms with Crippen LogP contribution in [0.25, 0.3) is 0 Å². The van der Waals surface area contributed by atoms with E-state index in [1.54, 1.807) is 0 Å². The molecule has 1 amide bonds. The first-order chi connectivity index (χ1) is 12.0. The van der Waals surface area contributed by atoms with E-state index in [0.29, 0.717) is 26.1 Å². The summed E-state index contributed by atoms with van der Waals surface area (Å²) in [6, 6.07) is 0.245. The smallest absolute Gasteiger partial charge is 0.408 e. The molecule has 2 saturated heterocycles. The van der Waals surface area contributed by atoms with Crippen molar-refractivity contribution >= 4 is 6.09 Å². The molecular weight excluding hydrogens is 340 g/mol. The molecule has 0 bridgehead atoms. The summed E-state index contributed by atoms with van der Waals surface area (Å²) in [7, 11) is 0. The summed E-state index contributed by atoms with van der Waals surface area (Å²) in [5.41, 5.74) is -1.15. The first-order valence-electron chi connectivity index (χ1n) is 9.21. The zero-order valence-electron chi connectivity index (χ0n) is 16.4. The number of nitro groups is 1. The Morgan fingerprint density at radius 3 is 2.54 bits per heavy atom. The largest absolute Gasteiger partial charge is 0.444 e. The number of morpholine rings is 1. The average Bonchev–Trinajstić information content (AvgIpc) is 2.52. The van der Waals surface area contributed by atoms with Gasteiger partial charge in [-0.25, -0.2) is 4.79 Å². The van der Waals surface area contributed by atoms with E-state index in [1.807, 2.05) is 34.6 Å². The van der Waals surface area contributed by atoms with Gasteiger partial charge in [0.1, 0.15) is 5.60 Å². The Balaban J connectivity index is 1.90. The van der Waals surface area contributed by atoms with Crippen molar-refractivity contribution in [3.05, 3.63) is 10.1 Å². The van der Waals surface area contributed by atoms with Crippen LogP contribution < -0.4 is 10.6 Å². The number of amides is 1. The molecule has 2 aliphatic rings. The van der Waals surface area contributed by atoms with Crippen LogP contribution >= 0.6 is 0 Å². The van der Waals surface area contributed by atoms with Gasteiger partial charge in [-0.15, -0.1) is 0 Å². The Labute approximate surface area is 154 Å². The molecule has 2 N–H and O–H groups in total. The summed E-state index contributed by atoms with van der Waals surface area (Å²) >= 11 is 0. The number of nitrogens with zero attached hydrogens (tertiary/aromatic N) is 2. The number of hydrogen-bond acceptors (Lipinski definition) is 7. The number of nitrogens with one attached hydrogen (secondary N) is 2. The lowest BCUT2D eigenvalue weighted by atomic mass is 9.94. The second-order valence-electron chi connectivity index (χ2n) is 8.64. The highest BCUT2D eigenvalue weighted by Crippen LogP contribution is 2.23. The van der Waals surface area contributed by atoms with Crippen LogP contribution in [0.15, 0.2) is 0 Å². The van der Waals surface area contributed by atoms with Crippen molar-refractivity contribution in [3.63, 3.8) is 0 Å².